The SMILES string of the molecule is CCC(=O)[C@@H](C)[C@H](C)O. The molecule has 2 atom stereocenters. The van der Waals surface area contributed by atoms with Crippen molar-refractivity contribution >= 4 is 5.78 Å². The molecule has 0 aliphatic heterocycles. The molecule has 0 amide bonds. The Bertz CT molecular complexity index is 97.1. The fourth-order valence-electron chi connectivity index (χ4n) is 0.591. The van der Waals surface area contributed by atoms with Crippen LogP contribution in [0.5, 0.6) is 0 Å². The Labute approximate surface area is 55.9 Å². The molecule has 0 fully saturated rings. The molecule has 0 aromatic carbocycles. The first kappa shape index (κ1) is 8.63. The molecule has 0 rings (SSSR count). The first-order valence-electron chi connectivity index (χ1n) is 3.30. The van der Waals surface area contributed by atoms with E-state index in [1.807, 2.05) is 0 Å². The van der Waals surface area contributed by atoms with E-state index in [-0.39, 0.29) is 11.7 Å². The second kappa shape index (κ2) is 3.62. The number of aliphatic hydroxyl groups is 1. The first-order chi connectivity index (χ1) is 4.09. The summed E-state index contributed by atoms with van der Waals surface area (Å²) in [4.78, 5) is 10.8. The van der Waals surface area contributed by atoms with Crippen LogP contribution in [0.3, 0.4) is 0 Å². The normalized spacial score (nSPS) is 16.9. The summed E-state index contributed by atoms with van der Waals surface area (Å²) < 4.78 is 0. The molecule has 54 valence electrons. The number of rotatable bonds is 3. The summed E-state index contributed by atoms with van der Waals surface area (Å²) in [5.74, 6) is -0.0694. The van der Waals surface area contributed by atoms with Gasteiger partial charge in [-0.3, -0.25) is 4.79 Å². The smallest absolute Gasteiger partial charge is 0.137 e. The molecule has 0 saturated carbocycles. The van der Waals surface area contributed by atoms with E-state index in [0.717, 1.165) is 0 Å². The van der Waals surface area contributed by atoms with Crippen LogP contribution in [0.4, 0.5) is 0 Å². The Morgan fingerprint density at radius 3 is 2.11 bits per heavy atom. The highest BCUT2D eigenvalue weighted by molar-refractivity contribution is 5.80. The third-order valence-electron chi connectivity index (χ3n) is 1.58. The van der Waals surface area contributed by atoms with Crippen LogP contribution >= 0.6 is 0 Å². The molecule has 2 nitrogen and oxygen atoms in total. The topological polar surface area (TPSA) is 37.3 Å². The van der Waals surface area contributed by atoms with Gasteiger partial charge in [0, 0.05) is 12.3 Å². The van der Waals surface area contributed by atoms with Crippen molar-refractivity contribution in [2.45, 2.75) is 33.3 Å². The van der Waals surface area contributed by atoms with E-state index in [2.05, 4.69) is 0 Å². The van der Waals surface area contributed by atoms with Gasteiger partial charge in [-0.1, -0.05) is 13.8 Å². The number of hydrogen-bond donors (Lipinski definition) is 1. The minimum atomic E-state index is -0.502. The first-order valence-corrected chi connectivity index (χ1v) is 3.30. The van der Waals surface area contributed by atoms with Crippen LogP contribution in [0.1, 0.15) is 27.2 Å². The molecule has 1 N–H and O–H groups in total. The quantitative estimate of drug-likeness (QED) is 0.618. The summed E-state index contributed by atoms with van der Waals surface area (Å²) in [6.07, 6.45) is 0.0175. The zero-order valence-corrected chi connectivity index (χ0v) is 6.22. The Morgan fingerprint density at radius 2 is 2.00 bits per heavy atom. The van der Waals surface area contributed by atoms with Crippen LogP contribution in [0.25, 0.3) is 0 Å². The number of hydrogen-bond acceptors (Lipinski definition) is 2. The number of carbonyl (C=O) groups is 1. The Hall–Kier alpha value is -0.370. The summed E-state index contributed by atoms with van der Waals surface area (Å²) >= 11 is 0. The van der Waals surface area contributed by atoms with Crippen LogP contribution in [0.15, 0.2) is 0 Å². The lowest BCUT2D eigenvalue weighted by Crippen LogP contribution is -2.21. The molecule has 0 spiro atoms. The van der Waals surface area contributed by atoms with E-state index in [9.17, 15) is 4.79 Å². The van der Waals surface area contributed by atoms with Gasteiger partial charge in [-0.15, -0.1) is 0 Å². The third kappa shape index (κ3) is 2.61. The molecule has 0 bridgehead atoms. The number of ketones is 1. The molecule has 0 aliphatic rings. The second-order valence-corrected chi connectivity index (χ2v) is 2.35. The number of aliphatic hydroxyl groups excluding tert-OH is 1. The molecular weight excluding hydrogens is 116 g/mol. The standard InChI is InChI=1S/C7H14O2/c1-4-7(9)5(2)6(3)8/h5-6,8H,4H2,1-3H3/t5-,6-/m0/s1. The second-order valence-electron chi connectivity index (χ2n) is 2.35. The minimum absolute atomic E-state index is 0.130. The van der Waals surface area contributed by atoms with Gasteiger partial charge in [-0.25, -0.2) is 0 Å². The van der Waals surface area contributed by atoms with Gasteiger partial charge in [0.15, 0.2) is 0 Å². The van der Waals surface area contributed by atoms with E-state index < -0.39 is 6.10 Å². The Balaban J connectivity index is 3.72. The summed E-state index contributed by atoms with van der Waals surface area (Å²) in [6.45, 7) is 5.19. The Morgan fingerprint density at radius 1 is 1.56 bits per heavy atom. The van der Waals surface area contributed by atoms with Gasteiger partial charge in [-0.2, -0.15) is 0 Å². The van der Waals surface area contributed by atoms with Gasteiger partial charge in [-0.05, 0) is 6.92 Å². The largest absolute Gasteiger partial charge is 0.393 e. The highest BCUT2D eigenvalue weighted by Gasteiger charge is 2.15. The summed E-state index contributed by atoms with van der Waals surface area (Å²) in [7, 11) is 0. The molecular formula is C7H14O2. The summed E-state index contributed by atoms with van der Waals surface area (Å²) in [6, 6.07) is 0. The van der Waals surface area contributed by atoms with Crippen molar-refractivity contribution in [3.8, 4) is 0 Å². The number of Topliss-reactive ketones (excluding diaryl/α,β-unsaturated/α-hetero) is 1. The molecule has 0 aromatic heterocycles. The van der Waals surface area contributed by atoms with Crippen molar-refractivity contribution in [1.29, 1.82) is 0 Å². The van der Waals surface area contributed by atoms with Gasteiger partial charge >= 0.3 is 0 Å². The molecule has 9 heavy (non-hydrogen) atoms. The van der Waals surface area contributed by atoms with Crippen LogP contribution in [-0.4, -0.2) is 17.0 Å². The van der Waals surface area contributed by atoms with Crippen LogP contribution in [-0.2, 0) is 4.79 Å². The predicted molar refractivity (Wildman–Crippen MR) is 36.1 cm³/mol. The Kier molecular flexibility index (Phi) is 3.47. The maximum Gasteiger partial charge on any atom is 0.137 e. The van der Waals surface area contributed by atoms with E-state index >= 15 is 0 Å². The average molecular weight is 130 g/mol. The fraction of sp³-hybridized carbons (Fsp3) is 0.857. The van der Waals surface area contributed by atoms with Gasteiger partial charge in [0.2, 0.25) is 0 Å². The zero-order chi connectivity index (χ0) is 7.44. The lowest BCUT2D eigenvalue weighted by Gasteiger charge is -2.10. The average Bonchev–Trinajstić information content (AvgIpc) is 1.84. The predicted octanol–water partition coefficient (Wildman–Crippen LogP) is 0.982. The van der Waals surface area contributed by atoms with Crippen molar-refractivity contribution in [3.05, 3.63) is 0 Å². The molecule has 0 aromatic rings. The highest BCUT2D eigenvalue weighted by Crippen LogP contribution is 2.04. The molecule has 2 heteroatoms. The third-order valence-corrected chi connectivity index (χ3v) is 1.58. The van der Waals surface area contributed by atoms with E-state index in [1.54, 1.807) is 20.8 Å². The van der Waals surface area contributed by atoms with Crippen LogP contribution < -0.4 is 0 Å². The van der Waals surface area contributed by atoms with Crippen LogP contribution in [0, 0.1) is 5.92 Å². The molecule has 0 aliphatic carbocycles. The molecule has 0 saturated heterocycles. The van der Waals surface area contributed by atoms with Gasteiger partial charge in [0.25, 0.3) is 0 Å². The van der Waals surface area contributed by atoms with Gasteiger partial charge in [0.1, 0.15) is 5.78 Å². The highest BCUT2D eigenvalue weighted by atomic mass is 16.3. The lowest BCUT2D eigenvalue weighted by atomic mass is 9.99. The van der Waals surface area contributed by atoms with Crippen molar-refractivity contribution in [2.75, 3.05) is 0 Å². The van der Waals surface area contributed by atoms with Crippen molar-refractivity contribution < 1.29 is 9.90 Å². The lowest BCUT2D eigenvalue weighted by molar-refractivity contribution is -0.124. The molecule has 0 unspecified atom stereocenters. The van der Waals surface area contributed by atoms with Crippen LogP contribution in [0.2, 0.25) is 0 Å². The van der Waals surface area contributed by atoms with E-state index in [4.69, 9.17) is 5.11 Å². The van der Waals surface area contributed by atoms with E-state index in [1.165, 1.54) is 0 Å². The molecule has 0 heterocycles. The van der Waals surface area contributed by atoms with Gasteiger partial charge in [0.05, 0.1) is 6.10 Å². The monoisotopic (exact) mass is 130 g/mol. The summed E-state index contributed by atoms with van der Waals surface area (Å²) in [5.41, 5.74) is 0. The summed E-state index contributed by atoms with van der Waals surface area (Å²) in [5, 5.41) is 8.90. The zero-order valence-electron chi connectivity index (χ0n) is 6.22. The fourth-order valence-corrected chi connectivity index (χ4v) is 0.591. The number of carbonyl (C=O) groups excluding carboxylic acids is 1. The maximum absolute atomic E-state index is 10.8. The van der Waals surface area contributed by atoms with Crippen molar-refractivity contribution in [2.24, 2.45) is 5.92 Å². The van der Waals surface area contributed by atoms with Crippen molar-refractivity contribution in [1.82, 2.24) is 0 Å². The maximum atomic E-state index is 10.8. The minimum Gasteiger partial charge on any atom is -0.393 e. The van der Waals surface area contributed by atoms with Crippen molar-refractivity contribution in [3.63, 3.8) is 0 Å². The van der Waals surface area contributed by atoms with E-state index in [0.29, 0.717) is 6.42 Å². The molecule has 0 radical (unpaired) electrons. The van der Waals surface area contributed by atoms with Gasteiger partial charge < -0.3 is 5.11 Å².